The van der Waals surface area contributed by atoms with Gasteiger partial charge in [0.25, 0.3) is 5.56 Å². The van der Waals surface area contributed by atoms with E-state index in [0.717, 1.165) is 4.57 Å². The molecule has 0 bridgehead atoms. The van der Waals surface area contributed by atoms with E-state index in [4.69, 9.17) is 9.84 Å². The van der Waals surface area contributed by atoms with E-state index >= 15 is 0 Å². The Morgan fingerprint density at radius 3 is 2.83 bits per heavy atom. The maximum Gasteiger partial charge on any atom is 0.323 e. The third kappa shape index (κ3) is 3.40. The van der Waals surface area contributed by atoms with Crippen LogP contribution in [0.4, 0.5) is 4.39 Å². The second-order valence-corrected chi connectivity index (χ2v) is 5.17. The van der Waals surface area contributed by atoms with Gasteiger partial charge in [-0.3, -0.25) is 14.2 Å². The van der Waals surface area contributed by atoms with E-state index in [1.54, 1.807) is 24.3 Å². The summed E-state index contributed by atoms with van der Waals surface area (Å²) >= 11 is 0. The highest BCUT2D eigenvalue weighted by atomic mass is 19.1. The monoisotopic (exact) mass is 328 g/mol. The number of aliphatic carboxylic acids is 1. The fourth-order valence-corrected chi connectivity index (χ4v) is 2.28. The summed E-state index contributed by atoms with van der Waals surface area (Å²) in [4.78, 5) is 27.0. The summed E-state index contributed by atoms with van der Waals surface area (Å²) in [6.45, 7) is -0.265. The molecule has 0 saturated heterocycles. The lowest BCUT2D eigenvalue weighted by molar-refractivity contribution is -0.137. The third-order valence-electron chi connectivity index (χ3n) is 3.40. The fraction of sp³-hybridized carbons (Fsp3) is 0.118. The van der Waals surface area contributed by atoms with Gasteiger partial charge in [-0.2, -0.15) is 0 Å². The van der Waals surface area contributed by atoms with E-state index in [2.05, 4.69) is 4.98 Å². The summed E-state index contributed by atoms with van der Waals surface area (Å²) in [5.74, 6) is -0.974. The Morgan fingerprint density at radius 1 is 1.25 bits per heavy atom. The quantitative estimate of drug-likeness (QED) is 0.776. The minimum atomic E-state index is -1.12. The van der Waals surface area contributed by atoms with Crippen molar-refractivity contribution in [2.45, 2.75) is 13.2 Å². The lowest BCUT2D eigenvalue weighted by atomic mass is 10.2. The number of carboxylic acids is 1. The number of nitrogens with zero attached hydrogens (tertiary/aromatic N) is 2. The predicted octanol–water partition coefficient (Wildman–Crippen LogP) is 2.20. The van der Waals surface area contributed by atoms with Gasteiger partial charge in [-0.05, 0) is 29.8 Å². The topological polar surface area (TPSA) is 81.4 Å². The number of carboxylic acid groups (broad SMARTS) is 1. The molecule has 122 valence electrons. The van der Waals surface area contributed by atoms with Crippen LogP contribution in [0.1, 0.15) is 5.56 Å². The number of benzene rings is 2. The van der Waals surface area contributed by atoms with Gasteiger partial charge >= 0.3 is 5.97 Å². The Bertz CT molecular complexity index is 968. The molecule has 0 saturated carbocycles. The maximum absolute atomic E-state index is 13.1. The van der Waals surface area contributed by atoms with Crippen molar-refractivity contribution < 1.29 is 19.0 Å². The predicted molar refractivity (Wildman–Crippen MR) is 84.4 cm³/mol. The summed E-state index contributed by atoms with van der Waals surface area (Å²) < 4.78 is 19.7. The SMILES string of the molecule is O=C(O)Cn1cnc2cc(OCc3cccc(F)c3)ccc2c1=O. The van der Waals surface area contributed by atoms with Gasteiger partial charge in [-0.1, -0.05) is 12.1 Å². The first-order valence-electron chi connectivity index (χ1n) is 7.11. The summed E-state index contributed by atoms with van der Waals surface area (Å²) in [7, 11) is 0. The fourth-order valence-electron chi connectivity index (χ4n) is 2.28. The molecule has 24 heavy (non-hydrogen) atoms. The molecule has 7 heteroatoms. The number of hydrogen-bond donors (Lipinski definition) is 1. The van der Waals surface area contributed by atoms with Crippen LogP contribution < -0.4 is 10.3 Å². The van der Waals surface area contributed by atoms with Crippen LogP contribution in [0.5, 0.6) is 5.75 Å². The molecule has 0 fully saturated rings. The molecular formula is C17H13FN2O4. The van der Waals surface area contributed by atoms with E-state index < -0.39 is 18.1 Å². The number of aromatic nitrogens is 2. The highest BCUT2D eigenvalue weighted by molar-refractivity contribution is 5.79. The van der Waals surface area contributed by atoms with Crippen LogP contribution in [-0.2, 0) is 17.9 Å². The summed E-state index contributed by atoms with van der Waals surface area (Å²) in [5.41, 5.74) is 0.650. The van der Waals surface area contributed by atoms with E-state index in [1.807, 2.05) is 0 Å². The molecule has 1 heterocycles. The molecule has 0 unspecified atom stereocenters. The summed E-state index contributed by atoms with van der Waals surface area (Å²) in [5, 5.41) is 9.07. The zero-order valence-electron chi connectivity index (χ0n) is 12.5. The molecule has 0 radical (unpaired) electrons. The Morgan fingerprint density at radius 2 is 2.08 bits per heavy atom. The molecule has 0 amide bonds. The molecule has 3 rings (SSSR count). The number of carbonyl (C=O) groups is 1. The molecule has 0 atom stereocenters. The highest BCUT2D eigenvalue weighted by Crippen LogP contribution is 2.18. The van der Waals surface area contributed by atoms with Crippen molar-refractivity contribution in [3.05, 3.63) is 70.5 Å². The number of halogens is 1. The minimum Gasteiger partial charge on any atom is -0.489 e. The van der Waals surface area contributed by atoms with Gasteiger partial charge in [0, 0.05) is 6.07 Å². The molecule has 1 aromatic heterocycles. The van der Waals surface area contributed by atoms with Crippen molar-refractivity contribution in [3.8, 4) is 5.75 Å². The van der Waals surface area contributed by atoms with E-state index in [-0.39, 0.29) is 12.4 Å². The van der Waals surface area contributed by atoms with E-state index in [0.29, 0.717) is 22.2 Å². The van der Waals surface area contributed by atoms with Crippen molar-refractivity contribution in [1.29, 1.82) is 0 Å². The van der Waals surface area contributed by atoms with Crippen LogP contribution in [-0.4, -0.2) is 20.6 Å². The molecule has 0 spiro atoms. The first-order valence-corrected chi connectivity index (χ1v) is 7.11. The van der Waals surface area contributed by atoms with E-state index in [9.17, 15) is 14.0 Å². The van der Waals surface area contributed by atoms with Gasteiger partial charge in [-0.15, -0.1) is 0 Å². The first-order chi connectivity index (χ1) is 11.5. The average Bonchev–Trinajstić information content (AvgIpc) is 2.55. The van der Waals surface area contributed by atoms with Crippen molar-refractivity contribution >= 4 is 16.9 Å². The Balaban J connectivity index is 1.84. The highest BCUT2D eigenvalue weighted by Gasteiger charge is 2.08. The van der Waals surface area contributed by atoms with Gasteiger partial charge in [-0.25, -0.2) is 9.37 Å². The molecular weight excluding hydrogens is 315 g/mol. The first kappa shape index (κ1) is 15.7. The minimum absolute atomic E-state index is 0.180. The molecule has 1 N–H and O–H groups in total. The molecule has 3 aromatic rings. The number of hydrogen-bond acceptors (Lipinski definition) is 4. The Hall–Kier alpha value is -3.22. The van der Waals surface area contributed by atoms with Crippen molar-refractivity contribution in [3.63, 3.8) is 0 Å². The molecule has 0 aliphatic carbocycles. The zero-order chi connectivity index (χ0) is 17.1. The van der Waals surface area contributed by atoms with E-state index in [1.165, 1.54) is 24.5 Å². The smallest absolute Gasteiger partial charge is 0.323 e. The van der Waals surface area contributed by atoms with Gasteiger partial charge in [0.2, 0.25) is 0 Å². The number of rotatable bonds is 5. The number of ether oxygens (including phenoxy) is 1. The van der Waals surface area contributed by atoms with Crippen LogP contribution in [0.25, 0.3) is 10.9 Å². The second kappa shape index (κ2) is 6.49. The normalized spacial score (nSPS) is 10.7. The van der Waals surface area contributed by atoms with Gasteiger partial charge in [0.05, 0.1) is 17.2 Å². The van der Waals surface area contributed by atoms with Crippen LogP contribution in [0.3, 0.4) is 0 Å². The molecule has 0 aliphatic rings. The van der Waals surface area contributed by atoms with Gasteiger partial charge < -0.3 is 9.84 Å². The van der Waals surface area contributed by atoms with Crippen molar-refractivity contribution in [1.82, 2.24) is 9.55 Å². The van der Waals surface area contributed by atoms with Crippen LogP contribution >= 0.6 is 0 Å². The second-order valence-electron chi connectivity index (χ2n) is 5.17. The summed E-state index contributed by atoms with van der Waals surface area (Å²) in [6.07, 6.45) is 1.19. The molecule has 0 aliphatic heterocycles. The van der Waals surface area contributed by atoms with Crippen molar-refractivity contribution in [2.24, 2.45) is 0 Å². The van der Waals surface area contributed by atoms with Gasteiger partial charge in [0.1, 0.15) is 24.7 Å². The lowest BCUT2D eigenvalue weighted by Crippen LogP contribution is -2.24. The lowest BCUT2D eigenvalue weighted by Gasteiger charge is -2.08. The van der Waals surface area contributed by atoms with Crippen LogP contribution in [0.15, 0.2) is 53.6 Å². The Labute approximate surface area is 135 Å². The Kier molecular flexibility index (Phi) is 4.24. The van der Waals surface area contributed by atoms with Gasteiger partial charge in [0.15, 0.2) is 0 Å². The standard InChI is InChI=1S/C17H13FN2O4/c18-12-3-1-2-11(6-12)9-24-13-4-5-14-15(7-13)19-10-20(17(14)23)8-16(21)22/h1-7,10H,8-9H2,(H,21,22). The molecule has 2 aromatic carbocycles. The number of fused-ring (bicyclic) bond motifs is 1. The average molecular weight is 328 g/mol. The largest absolute Gasteiger partial charge is 0.489 e. The summed E-state index contributed by atoms with van der Waals surface area (Å²) in [6, 6.07) is 10.8. The molecule has 6 nitrogen and oxygen atoms in total. The van der Waals surface area contributed by atoms with Crippen LogP contribution in [0, 0.1) is 5.82 Å². The maximum atomic E-state index is 13.1. The zero-order valence-corrected chi connectivity index (χ0v) is 12.5. The van der Waals surface area contributed by atoms with Crippen molar-refractivity contribution in [2.75, 3.05) is 0 Å². The third-order valence-corrected chi connectivity index (χ3v) is 3.40. The van der Waals surface area contributed by atoms with Crippen LogP contribution in [0.2, 0.25) is 0 Å².